The molecule has 1 atom stereocenters. The van der Waals surface area contributed by atoms with Gasteiger partial charge in [0.2, 0.25) is 0 Å². The molecular weight excluding hydrogens is 197 g/mol. The van der Waals surface area contributed by atoms with Crippen LogP contribution in [0.15, 0.2) is 40.8 Å². The molecular formula is C13H16BNO. The van der Waals surface area contributed by atoms with E-state index >= 15 is 0 Å². The first kappa shape index (κ1) is 11.2. The first-order valence-electron chi connectivity index (χ1n) is 5.77. The molecule has 0 bridgehead atoms. The summed E-state index contributed by atoms with van der Waals surface area (Å²) < 4.78 is 5.37. The predicted octanol–water partition coefficient (Wildman–Crippen LogP) is 2.94. The summed E-state index contributed by atoms with van der Waals surface area (Å²) in [6.45, 7) is 6.46. The molecule has 0 aromatic rings. The molecule has 1 aliphatic heterocycles. The number of fused-ring (bicyclic) bond motifs is 1. The number of hydrogen-bond acceptors (Lipinski definition) is 2. The monoisotopic (exact) mass is 213 g/mol. The van der Waals surface area contributed by atoms with E-state index in [2.05, 4.69) is 23.7 Å². The highest BCUT2D eigenvalue weighted by Crippen LogP contribution is 2.30. The molecule has 0 fully saturated rings. The Kier molecular flexibility index (Phi) is 3.32. The molecule has 0 aromatic heterocycles. The summed E-state index contributed by atoms with van der Waals surface area (Å²) in [5.74, 6) is 0.864. The lowest BCUT2D eigenvalue weighted by Crippen LogP contribution is -2.14. The zero-order valence-electron chi connectivity index (χ0n) is 9.70. The van der Waals surface area contributed by atoms with Gasteiger partial charge in [-0.3, -0.25) is 0 Å². The highest BCUT2D eigenvalue weighted by atomic mass is 16.5. The van der Waals surface area contributed by atoms with E-state index in [-0.39, 0.29) is 5.82 Å². The third-order valence-corrected chi connectivity index (χ3v) is 2.88. The summed E-state index contributed by atoms with van der Waals surface area (Å²) in [6.07, 6.45) is 7.03. The smallest absolute Gasteiger partial charge is 0.137 e. The van der Waals surface area contributed by atoms with Crippen LogP contribution in [0.25, 0.3) is 0 Å². The Labute approximate surface area is 98.2 Å². The second-order valence-corrected chi connectivity index (χ2v) is 4.10. The van der Waals surface area contributed by atoms with Gasteiger partial charge < -0.3 is 4.74 Å². The van der Waals surface area contributed by atoms with Crippen LogP contribution < -0.4 is 0 Å². The van der Waals surface area contributed by atoms with E-state index < -0.39 is 0 Å². The van der Waals surface area contributed by atoms with Gasteiger partial charge in [-0.25, -0.2) is 4.99 Å². The molecule has 0 aromatic carbocycles. The number of nitrogens with zero attached hydrogens (tertiary/aromatic N) is 1. The Morgan fingerprint density at radius 2 is 2.50 bits per heavy atom. The van der Waals surface area contributed by atoms with Crippen LogP contribution in [0, 0.1) is 0 Å². The molecule has 2 nitrogen and oxygen atoms in total. The van der Waals surface area contributed by atoms with Crippen LogP contribution in [0.5, 0.6) is 0 Å². The molecule has 0 N–H and O–H groups in total. The normalized spacial score (nSPS) is 23.8. The Morgan fingerprint density at radius 3 is 3.25 bits per heavy atom. The van der Waals surface area contributed by atoms with Gasteiger partial charge in [-0.15, -0.1) is 0 Å². The quantitative estimate of drug-likeness (QED) is 0.521. The van der Waals surface area contributed by atoms with Crippen molar-refractivity contribution in [2.75, 3.05) is 6.61 Å². The van der Waals surface area contributed by atoms with Crippen molar-refractivity contribution >= 4 is 13.6 Å². The van der Waals surface area contributed by atoms with Crippen LogP contribution in [0.3, 0.4) is 0 Å². The van der Waals surface area contributed by atoms with Gasteiger partial charge in [-0.2, -0.15) is 0 Å². The Hall–Kier alpha value is -1.25. The third-order valence-electron chi connectivity index (χ3n) is 2.88. The van der Waals surface area contributed by atoms with Crippen LogP contribution in [-0.4, -0.2) is 20.2 Å². The summed E-state index contributed by atoms with van der Waals surface area (Å²) in [4.78, 5) is 4.59. The fourth-order valence-electron chi connectivity index (χ4n) is 2.04. The zero-order valence-corrected chi connectivity index (χ0v) is 9.70. The minimum atomic E-state index is 0.194. The van der Waals surface area contributed by atoms with Crippen molar-refractivity contribution in [1.29, 1.82) is 0 Å². The van der Waals surface area contributed by atoms with Crippen LogP contribution >= 0.6 is 0 Å². The summed E-state index contributed by atoms with van der Waals surface area (Å²) in [5, 5.41) is 0. The van der Waals surface area contributed by atoms with Crippen molar-refractivity contribution in [1.82, 2.24) is 0 Å². The average molecular weight is 213 g/mol. The number of ether oxygens (including phenoxy) is 1. The second kappa shape index (κ2) is 4.73. The highest BCUT2D eigenvalue weighted by Gasteiger charge is 2.19. The van der Waals surface area contributed by atoms with E-state index in [1.165, 1.54) is 5.57 Å². The summed E-state index contributed by atoms with van der Waals surface area (Å²) in [7, 11) is 5.89. The number of hydrogen-bond donors (Lipinski definition) is 0. The molecule has 3 heteroatoms. The van der Waals surface area contributed by atoms with Crippen molar-refractivity contribution in [3.8, 4) is 0 Å². The minimum Gasteiger partial charge on any atom is -0.492 e. The van der Waals surface area contributed by atoms with E-state index in [1.54, 1.807) is 0 Å². The molecule has 2 rings (SSSR count). The molecule has 0 saturated heterocycles. The van der Waals surface area contributed by atoms with Gasteiger partial charge in [-0.1, -0.05) is 24.5 Å². The maximum Gasteiger partial charge on any atom is 0.137 e. The van der Waals surface area contributed by atoms with Crippen molar-refractivity contribution in [2.24, 2.45) is 4.99 Å². The van der Waals surface area contributed by atoms with E-state index in [0.717, 1.165) is 30.7 Å². The van der Waals surface area contributed by atoms with Crippen molar-refractivity contribution in [2.45, 2.75) is 32.0 Å². The highest BCUT2D eigenvalue weighted by molar-refractivity contribution is 6.15. The molecule has 1 heterocycles. The first-order valence-corrected chi connectivity index (χ1v) is 5.77. The fourth-order valence-corrected chi connectivity index (χ4v) is 2.04. The number of allylic oxidation sites excluding steroid dienone is 3. The molecule has 1 aliphatic carbocycles. The van der Waals surface area contributed by atoms with Gasteiger partial charge in [0.15, 0.2) is 0 Å². The van der Waals surface area contributed by atoms with Gasteiger partial charge in [0.05, 0.1) is 14.5 Å². The Morgan fingerprint density at radius 1 is 1.69 bits per heavy atom. The van der Waals surface area contributed by atoms with E-state index in [0.29, 0.717) is 12.4 Å². The number of rotatable bonds is 3. The van der Waals surface area contributed by atoms with Crippen LogP contribution in [0.2, 0.25) is 5.82 Å². The van der Waals surface area contributed by atoms with Crippen LogP contribution in [-0.2, 0) is 4.74 Å². The maximum atomic E-state index is 5.89. The average Bonchev–Trinajstić information content (AvgIpc) is 2.28. The van der Waals surface area contributed by atoms with Crippen molar-refractivity contribution < 1.29 is 4.74 Å². The molecule has 2 radical (unpaired) electrons. The van der Waals surface area contributed by atoms with Gasteiger partial charge in [0.25, 0.3) is 0 Å². The van der Waals surface area contributed by atoms with Crippen molar-refractivity contribution in [3.05, 3.63) is 35.8 Å². The van der Waals surface area contributed by atoms with Gasteiger partial charge in [0, 0.05) is 5.71 Å². The van der Waals surface area contributed by atoms with Crippen LogP contribution in [0.4, 0.5) is 0 Å². The molecule has 0 saturated carbocycles. The lowest BCUT2D eigenvalue weighted by atomic mass is 9.75. The molecule has 0 spiro atoms. The minimum absolute atomic E-state index is 0.194. The third kappa shape index (κ3) is 2.29. The van der Waals surface area contributed by atoms with Crippen LogP contribution in [0.1, 0.15) is 26.2 Å². The summed E-state index contributed by atoms with van der Waals surface area (Å²) in [6, 6.07) is 0. The molecule has 1 unspecified atom stereocenters. The molecule has 16 heavy (non-hydrogen) atoms. The number of aliphatic imine (C=N–C) groups is 1. The van der Waals surface area contributed by atoms with E-state index in [9.17, 15) is 0 Å². The first-order chi connectivity index (χ1) is 7.70. The van der Waals surface area contributed by atoms with Gasteiger partial charge in [-0.05, 0) is 31.8 Å². The van der Waals surface area contributed by atoms with Gasteiger partial charge in [0.1, 0.15) is 11.5 Å². The second-order valence-electron chi connectivity index (χ2n) is 4.10. The van der Waals surface area contributed by atoms with Gasteiger partial charge >= 0.3 is 0 Å². The molecule has 0 amide bonds. The maximum absolute atomic E-state index is 5.89. The lowest BCUT2D eigenvalue weighted by Gasteiger charge is -2.23. The summed E-state index contributed by atoms with van der Waals surface area (Å²) >= 11 is 0. The molecule has 82 valence electrons. The SMILES string of the molecule is [B]C1C=C2CC=C(C(=C)OCC)N=C2CC1. The fraction of sp³-hybridized carbons (Fsp3) is 0.462. The molecule has 2 aliphatic rings. The van der Waals surface area contributed by atoms with E-state index in [4.69, 9.17) is 12.6 Å². The standard InChI is InChI=1S/C13H16BNO/c1-3-16-9(2)12-6-4-10-8-11(14)5-7-13(10)15-12/h6,8,11H,2-5,7H2,1H3. The Balaban J connectivity index is 2.16. The summed E-state index contributed by atoms with van der Waals surface area (Å²) in [5.41, 5.74) is 3.30. The Bertz CT molecular complexity index is 393. The van der Waals surface area contributed by atoms with Crippen molar-refractivity contribution in [3.63, 3.8) is 0 Å². The topological polar surface area (TPSA) is 21.6 Å². The van der Waals surface area contributed by atoms with E-state index in [1.807, 2.05) is 6.92 Å². The lowest BCUT2D eigenvalue weighted by molar-refractivity contribution is 0.238. The predicted molar refractivity (Wildman–Crippen MR) is 67.7 cm³/mol. The largest absolute Gasteiger partial charge is 0.492 e. The zero-order chi connectivity index (χ0) is 11.5.